The molecular formula is C20H22FN3O. The zero-order chi connectivity index (χ0) is 17.8. The van der Waals surface area contributed by atoms with Crippen LogP contribution in [0.3, 0.4) is 0 Å². The highest BCUT2D eigenvalue weighted by Gasteiger charge is 2.17. The minimum Gasteiger partial charge on any atom is -0.470 e. The van der Waals surface area contributed by atoms with E-state index in [-0.39, 0.29) is 5.82 Å². The van der Waals surface area contributed by atoms with E-state index in [4.69, 9.17) is 4.74 Å². The number of aryl methyl sites for hydroxylation is 1. The SMILES string of the molecule is C/C=C/Cn1c(CC)c(C)c2cnnc(OCc3ccc(F)cc3)c21. The van der Waals surface area contributed by atoms with E-state index in [9.17, 15) is 4.39 Å². The number of rotatable bonds is 6. The minimum atomic E-state index is -0.255. The van der Waals surface area contributed by atoms with Crippen molar-refractivity contribution >= 4 is 10.9 Å². The number of hydrogen-bond donors (Lipinski definition) is 0. The summed E-state index contributed by atoms with van der Waals surface area (Å²) in [5.41, 5.74) is 4.32. The van der Waals surface area contributed by atoms with Gasteiger partial charge in [0.05, 0.1) is 6.20 Å². The molecule has 5 heteroatoms. The molecule has 2 heterocycles. The van der Waals surface area contributed by atoms with Crippen LogP contribution >= 0.6 is 0 Å². The quantitative estimate of drug-likeness (QED) is 0.616. The molecule has 0 unspecified atom stereocenters. The largest absolute Gasteiger partial charge is 0.470 e. The van der Waals surface area contributed by atoms with Crippen molar-refractivity contribution in [2.45, 2.75) is 40.3 Å². The van der Waals surface area contributed by atoms with Gasteiger partial charge in [-0.25, -0.2) is 4.39 Å². The van der Waals surface area contributed by atoms with Crippen LogP contribution in [-0.4, -0.2) is 14.8 Å². The van der Waals surface area contributed by atoms with Crippen molar-refractivity contribution in [3.05, 3.63) is 65.3 Å². The fraction of sp³-hybridized carbons (Fsp3) is 0.300. The lowest BCUT2D eigenvalue weighted by Gasteiger charge is -2.10. The Bertz CT molecular complexity index is 897. The Morgan fingerprint density at radius 1 is 1.24 bits per heavy atom. The number of fused-ring (bicyclic) bond motifs is 1. The molecule has 25 heavy (non-hydrogen) atoms. The Balaban J connectivity index is 2.01. The first-order valence-corrected chi connectivity index (χ1v) is 8.47. The number of benzene rings is 1. The fourth-order valence-corrected chi connectivity index (χ4v) is 3.09. The summed E-state index contributed by atoms with van der Waals surface area (Å²) in [5.74, 6) is 0.253. The van der Waals surface area contributed by atoms with Gasteiger partial charge in [-0.15, -0.1) is 5.10 Å². The first-order chi connectivity index (χ1) is 12.2. The number of hydrogen-bond acceptors (Lipinski definition) is 3. The normalized spacial score (nSPS) is 11.5. The van der Waals surface area contributed by atoms with Crippen LogP contribution in [0.5, 0.6) is 5.88 Å². The van der Waals surface area contributed by atoms with E-state index in [0.29, 0.717) is 12.5 Å². The van der Waals surface area contributed by atoms with Crippen molar-refractivity contribution in [3.63, 3.8) is 0 Å². The molecule has 0 radical (unpaired) electrons. The number of halogens is 1. The van der Waals surface area contributed by atoms with E-state index in [1.807, 2.05) is 13.0 Å². The van der Waals surface area contributed by atoms with Crippen molar-refractivity contribution in [2.24, 2.45) is 0 Å². The molecule has 0 atom stereocenters. The van der Waals surface area contributed by atoms with Crippen molar-refractivity contribution in [1.82, 2.24) is 14.8 Å². The number of ether oxygens (including phenoxy) is 1. The molecule has 0 saturated carbocycles. The molecule has 0 aliphatic rings. The lowest BCUT2D eigenvalue weighted by atomic mass is 10.2. The van der Waals surface area contributed by atoms with E-state index < -0.39 is 0 Å². The van der Waals surface area contributed by atoms with Gasteiger partial charge in [-0.2, -0.15) is 5.10 Å². The van der Waals surface area contributed by atoms with Gasteiger partial charge in [0.1, 0.15) is 17.9 Å². The van der Waals surface area contributed by atoms with Crippen molar-refractivity contribution in [2.75, 3.05) is 0 Å². The van der Waals surface area contributed by atoms with Gasteiger partial charge in [0, 0.05) is 17.6 Å². The molecule has 0 amide bonds. The highest BCUT2D eigenvalue weighted by atomic mass is 19.1. The lowest BCUT2D eigenvalue weighted by Crippen LogP contribution is -2.05. The van der Waals surface area contributed by atoms with Crippen molar-refractivity contribution in [3.8, 4) is 5.88 Å². The molecule has 0 aliphatic carbocycles. The third kappa shape index (κ3) is 3.40. The highest BCUT2D eigenvalue weighted by Crippen LogP contribution is 2.31. The molecule has 0 spiro atoms. The van der Waals surface area contributed by atoms with Crippen LogP contribution in [0.2, 0.25) is 0 Å². The van der Waals surface area contributed by atoms with Crippen molar-refractivity contribution in [1.29, 1.82) is 0 Å². The standard InChI is InChI=1S/C20H22FN3O/c1-4-6-11-24-18(5-2)14(3)17-12-22-23-20(19(17)24)25-13-15-7-9-16(21)10-8-15/h4,6-10,12H,5,11,13H2,1-3H3/b6-4+. The molecule has 0 N–H and O–H groups in total. The predicted octanol–water partition coefficient (Wildman–Crippen LogP) is 4.60. The van der Waals surface area contributed by atoms with Gasteiger partial charge >= 0.3 is 0 Å². The number of nitrogens with zero attached hydrogens (tertiary/aromatic N) is 3. The van der Waals surface area contributed by atoms with E-state index >= 15 is 0 Å². The molecule has 0 saturated heterocycles. The maximum absolute atomic E-state index is 13.0. The molecule has 0 fully saturated rings. The van der Waals surface area contributed by atoms with Gasteiger partial charge in [-0.3, -0.25) is 0 Å². The Morgan fingerprint density at radius 2 is 2.00 bits per heavy atom. The van der Waals surface area contributed by atoms with Crippen LogP contribution in [-0.2, 0) is 19.6 Å². The Morgan fingerprint density at radius 3 is 2.68 bits per heavy atom. The predicted molar refractivity (Wildman–Crippen MR) is 97.2 cm³/mol. The number of allylic oxidation sites excluding steroid dienone is 2. The van der Waals surface area contributed by atoms with Gasteiger partial charge < -0.3 is 9.30 Å². The Kier molecular flexibility index (Phi) is 5.12. The average molecular weight is 339 g/mol. The smallest absolute Gasteiger partial charge is 0.258 e. The van der Waals surface area contributed by atoms with Crippen LogP contribution in [0.4, 0.5) is 4.39 Å². The van der Waals surface area contributed by atoms with E-state index in [1.165, 1.54) is 23.4 Å². The maximum atomic E-state index is 13.0. The van der Waals surface area contributed by atoms with E-state index in [0.717, 1.165) is 29.4 Å². The molecule has 130 valence electrons. The zero-order valence-electron chi connectivity index (χ0n) is 14.8. The summed E-state index contributed by atoms with van der Waals surface area (Å²) in [6, 6.07) is 6.28. The van der Waals surface area contributed by atoms with Crippen LogP contribution in [0.1, 0.15) is 30.7 Å². The molecule has 3 rings (SSSR count). The van der Waals surface area contributed by atoms with Gasteiger partial charge in [-0.1, -0.05) is 31.2 Å². The number of aromatic nitrogens is 3. The third-order valence-corrected chi connectivity index (χ3v) is 4.37. The second-order valence-electron chi connectivity index (χ2n) is 5.93. The second kappa shape index (κ2) is 7.47. The van der Waals surface area contributed by atoms with E-state index in [2.05, 4.69) is 34.7 Å². The van der Waals surface area contributed by atoms with Crippen LogP contribution in [0, 0.1) is 12.7 Å². The van der Waals surface area contributed by atoms with Gasteiger partial charge in [-0.05, 0) is 43.5 Å². The minimum absolute atomic E-state index is 0.255. The van der Waals surface area contributed by atoms with Crippen molar-refractivity contribution < 1.29 is 9.13 Å². The first-order valence-electron chi connectivity index (χ1n) is 8.47. The summed E-state index contributed by atoms with van der Waals surface area (Å²) in [6.45, 7) is 7.36. The Hall–Kier alpha value is -2.69. The lowest BCUT2D eigenvalue weighted by molar-refractivity contribution is 0.293. The summed E-state index contributed by atoms with van der Waals surface area (Å²) >= 11 is 0. The zero-order valence-corrected chi connectivity index (χ0v) is 14.8. The molecule has 3 aromatic rings. The molecule has 0 aliphatic heterocycles. The second-order valence-corrected chi connectivity index (χ2v) is 5.93. The molecule has 0 bridgehead atoms. The van der Waals surface area contributed by atoms with Crippen LogP contribution in [0.15, 0.2) is 42.6 Å². The molecule has 1 aromatic carbocycles. The summed E-state index contributed by atoms with van der Waals surface area (Å²) < 4.78 is 21.2. The average Bonchev–Trinajstić information content (AvgIpc) is 2.91. The Labute approximate surface area is 147 Å². The summed E-state index contributed by atoms with van der Waals surface area (Å²) in [6.07, 6.45) is 6.87. The van der Waals surface area contributed by atoms with Crippen LogP contribution in [0.25, 0.3) is 10.9 Å². The first kappa shape index (κ1) is 17.1. The molecule has 2 aromatic heterocycles. The third-order valence-electron chi connectivity index (χ3n) is 4.37. The topological polar surface area (TPSA) is 39.9 Å². The van der Waals surface area contributed by atoms with Gasteiger partial charge in [0.15, 0.2) is 0 Å². The summed E-state index contributed by atoms with van der Waals surface area (Å²) in [7, 11) is 0. The highest BCUT2D eigenvalue weighted by molar-refractivity contribution is 5.88. The van der Waals surface area contributed by atoms with E-state index in [1.54, 1.807) is 18.3 Å². The monoisotopic (exact) mass is 339 g/mol. The van der Waals surface area contributed by atoms with Crippen LogP contribution < -0.4 is 4.74 Å². The van der Waals surface area contributed by atoms with Gasteiger partial charge in [0.2, 0.25) is 0 Å². The van der Waals surface area contributed by atoms with Gasteiger partial charge in [0.25, 0.3) is 5.88 Å². The maximum Gasteiger partial charge on any atom is 0.258 e. The molecular weight excluding hydrogens is 317 g/mol. The molecule has 4 nitrogen and oxygen atoms in total. The summed E-state index contributed by atoms with van der Waals surface area (Å²) in [4.78, 5) is 0. The summed E-state index contributed by atoms with van der Waals surface area (Å²) in [5, 5.41) is 9.37. The fourth-order valence-electron chi connectivity index (χ4n) is 3.09.